The number of phenols is 1. The molecule has 1 aliphatic carbocycles. The Kier molecular flexibility index (Phi) is 4.26. The lowest BCUT2D eigenvalue weighted by molar-refractivity contribution is -0.145. The first-order valence-electron chi connectivity index (χ1n) is 6.95. The van der Waals surface area contributed by atoms with Crippen molar-refractivity contribution in [3.8, 4) is 11.5 Å². The van der Waals surface area contributed by atoms with Crippen molar-refractivity contribution in [2.45, 2.75) is 43.7 Å². The molecule has 0 spiro atoms. The highest BCUT2D eigenvalue weighted by Crippen LogP contribution is 2.49. The van der Waals surface area contributed by atoms with Gasteiger partial charge in [0.25, 0.3) is 0 Å². The average molecular weight is 318 g/mol. The Morgan fingerprint density at radius 2 is 1.82 bits per heavy atom. The maximum atomic E-state index is 12.9. The number of carboxylic acid groups (broad SMARTS) is 1. The molecule has 0 bridgehead atoms. The number of phenolic OH excluding ortho intramolecular Hbond substituents is 1. The van der Waals surface area contributed by atoms with Crippen molar-refractivity contribution in [3.05, 3.63) is 23.3 Å². The van der Waals surface area contributed by atoms with Crippen LogP contribution < -0.4 is 4.74 Å². The van der Waals surface area contributed by atoms with Crippen molar-refractivity contribution in [3.63, 3.8) is 0 Å². The second kappa shape index (κ2) is 5.70. The van der Waals surface area contributed by atoms with Crippen molar-refractivity contribution in [2.75, 3.05) is 7.11 Å². The molecule has 0 saturated heterocycles. The van der Waals surface area contributed by atoms with Crippen LogP contribution in [0.2, 0.25) is 0 Å². The number of halogens is 3. The lowest BCUT2D eigenvalue weighted by Crippen LogP contribution is -2.38. The summed E-state index contributed by atoms with van der Waals surface area (Å²) in [7, 11) is 1.02. The minimum Gasteiger partial charge on any atom is -0.504 e. The van der Waals surface area contributed by atoms with E-state index in [1.807, 2.05) is 0 Å². The minimum atomic E-state index is -4.69. The number of aliphatic carboxylic acids is 1. The summed E-state index contributed by atoms with van der Waals surface area (Å²) in [6.07, 6.45) is -1.96. The summed E-state index contributed by atoms with van der Waals surface area (Å²) in [5, 5.41) is 19.8. The maximum Gasteiger partial charge on any atom is 0.420 e. The minimum absolute atomic E-state index is 0.00968. The van der Waals surface area contributed by atoms with Gasteiger partial charge < -0.3 is 14.9 Å². The molecule has 0 heterocycles. The number of methoxy groups -OCH3 is 1. The van der Waals surface area contributed by atoms with Crippen LogP contribution in [0.25, 0.3) is 0 Å². The molecule has 1 fully saturated rings. The van der Waals surface area contributed by atoms with Gasteiger partial charge in [-0.3, -0.25) is 4.79 Å². The highest BCUT2D eigenvalue weighted by atomic mass is 19.4. The lowest BCUT2D eigenvalue weighted by Gasteiger charge is -2.34. The van der Waals surface area contributed by atoms with Crippen LogP contribution in [-0.4, -0.2) is 23.3 Å². The lowest BCUT2D eigenvalue weighted by atomic mass is 9.69. The summed E-state index contributed by atoms with van der Waals surface area (Å²) in [5.74, 6) is -2.60. The zero-order chi connectivity index (χ0) is 16.5. The topological polar surface area (TPSA) is 66.8 Å². The van der Waals surface area contributed by atoms with Crippen LogP contribution in [0.4, 0.5) is 13.2 Å². The van der Waals surface area contributed by atoms with E-state index in [4.69, 9.17) is 4.74 Å². The van der Waals surface area contributed by atoms with Gasteiger partial charge in [-0.25, -0.2) is 0 Å². The number of alkyl halides is 3. The normalized spacial score (nSPS) is 18.0. The van der Waals surface area contributed by atoms with Gasteiger partial charge in [-0.2, -0.15) is 13.2 Å². The van der Waals surface area contributed by atoms with E-state index in [1.54, 1.807) is 0 Å². The van der Waals surface area contributed by atoms with E-state index in [1.165, 1.54) is 0 Å². The van der Waals surface area contributed by atoms with Crippen molar-refractivity contribution in [2.24, 2.45) is 0 Å². The summed E-state index contributed by atoms with van der Waals surface area (Å²) in [5.41, 5.74) is -2.49. The third-order valence-corrected chi connectivity index (χ3v) is 4.27. The SMILES string of the molecule is COc1c(C(F)(F)F)ccc(C2(C(=O)O)CCCCC2)c1O. The van der Waals surface area contributed by atoms with Gasteiger partial charge in [-0.15, -0.1) is 0 Å². The molecule has 1 aliphatic rings. The van der Waals surface area contributed by atoms with Gasteiger partial charge in [-0.05, 0) is 18.9 Å². The molecule has 4 nitrogen and oxygen atoms in total. The van der Waals surface area contributed by atoms with Crippen LogP contribution in [-0.2, 0) is 16.4 Å². The smallest absolute Gasteiger partial charge is 0.420 e. The van der Waals surface area contributed by atoms with Crippen LogP contribution in [0.3, 0.4) is 0 Å². The molecule has 0 unspecified atom stereocenters. The number of carboxylic acids is 1. The van der Waals surface area contributed by atoms with Crippen molar-refractivity contribution >= 4 is 5.97 Å². The van der Waals surface area contributed by atoms with Crippen LogP contribution in [0.1, 0.15) is 43.2 Å². The standard InChI is InChI=1S/C15H17F3O4/c1-22-12-10(15(16,17)18)6-5-9(11(12)19)14(13(20)21)7-3-2-4-8-14/h5-6,19H,2-4,7-8H2,1H3,(H,20,21). The molecule has 1 aromatic carbocycles. The predicted octanol–water partition coefficient (Wildman–Crippen LogP) is 3.71. The quantitative estimate of drug-likeness (QED) is 0.891. The van der Waals surface area contributed by atoms with Gasteiger partial charge >= 0.3 is 12.1 Å². The monoisotopic (exact) mass is 318 g/mol. The Labute approximate surface area is 125 Å². The maximum absolute atomic E-state index is 12.9. The largest absolute Gasteiger partial charge is 0.504 e. The van der Waals surface area contributed by atoms with E-state index in [9.17, 15) is 28.2 Å². The first-order chi connectivity index (χ1) is 10.2. The van der Waals surface area contributed by atoms with Crippen LogP contribution in [0.15, 0.2) is 12.1 Å². The number of aromatic hydroxyl groups is 1. The molecular formula is C15H17F3O4. The molecule has 2 rings (SSSR count). The van der Waals surface area contributed by atoms with E-state index in [0.717, 1.165) is 25.7 Å². The van der Waals surface area contributed by atoms with E-state index >= 15 is 0 Å². The van der Waals surface area contributed by atoms with Gasteiger partial charge in [0.2, 0.25) is 0 Å². The van der Waals surface area contributed by atoms with Crippen LogP contribution >= 0.6 is 0 Å². The Hall–Kier alpha value is -1.92. The zero-order valence-electron chi connectivity index (χ0n) is 12.0. The highest BCUT2D eigenvalue weighted by Gasteiger charge is 2.45. The number of benzene rings is 1. The van der Waals surface area contributed by atoms with Crippen LogP contribution in [0, 0.1) is 0 Å². The first kappa shape index (κ1) is 16.5. The third-order valence-electron chi connectivity index (χ3n) is 4.27. The second-order valence-corrected chi connectivity index (χ2v) is 5.49. The van der Waals surface area contributed by atoms with Gasteiger partial charge in [0.05, 0.1) is 12.5 Å². The Bertz CT molecular complexity index is 575. The summed E-state index contributed by atoms with van der Waals surface area (Å²) in [6, 6.07) is 1.83. The highest BCUT2D eigenvalue weighted by molar-refractivity contribution is 5.83. The van der Waals surface area contributed by atoms with E-state index < -0.39 is 34.6 Å². The van der Waals surface area contributed by atoms with Gasteiger partial charge in [0, 0.05) is 5.56 Å². The molecule has 1 saturated carbocycles. The molecule has 2 N–H and O–H groups in total. The number of rotatable bonds is 3. The van der Waals surface area contributed by atoms with E-state index in [0.29, 0.717) is 12.8 Å². The molecule has 0 aromatic heterocycles. The summed E-state index contributed by atoms with van der Waals surface area (Å²) in [6.45, 7) is 0. The van der Waals surface area contributed by atoms with Crippen LogP contribution in [0.5, 0.6) is 11.5 Å². The molecule has 122 valence electrons. The Morgan fingerprint density at radius 1 is 1.23 bits per heavy atom. The first-order valence-corrected chi connectivity index (χ1v) is 6.95. The third kappa shape index (κ3) is 2.60. The average Bonchev–Trinajstić information content (AvgIpc) is 2.46. The molecular weight excluding hydrogens is 301 g/mol. The fourth-order valence-corrected chi connectivity index (χ4v) is 3.14. The molecule has 0 atom stereocenters. The number of hydrogen-bond donors (Lipinski definition) is 2. The van der Waals surface area contributed by atoms with E-state index in [2.05, 4.69) is 0 Å². The molecule has 22 heavy (non-hydrogen) atoms. The Balaban J connectivity index is 2.63. The number of hydrogen-bond acceptors (Lipinski definition) is 3. The fourth-order valence-electron chi connectivity index (χ4n) is 3.14. The zero-order valence-corrected chi connectivity index (χ0v) is 12.0. The fraction of sp³-hybridized carbons (Fsp3) is 0.533. The van der Waals surface area contributed by atoms with Crippen molar-refractivity contribution in [1.82, 2.24) is 0 Å². The summed E-state index contributed by atoms with van der Waals surface area (Å²) >= 11 is 0. The molecule has 1 aromatic rings. The molecule has 0 amide bonds. The van der Waals surface area contributed by atoms with E-state index in [-0.39, 0.29) is 18.4 Å². The van der Waals surface area contributed by atoms with Crippen molar-refractivity contribution < 1.29 is 32.9 Å². The van der Waals surface area contributed by atoms with Gasteiger partial charge in [-0.1, -0.05) is 25.3 Å². The van der Waals surface area contributed by atoms with Crippen molar-refractivity contribution in [1.29, 1.82) is 0 Å². The Morgan fingerprint density at radius 3 is 2.27 bits per heavy atom. The number of carbonyl (C=O) groups is 1. The van der Waals surface area contributed by atoms with Gasteiger partial charge in [0.1, 0.15) is 5.56 Å². The summed E-state index contributed by atoms with van der Waals surface area (Å²) < 4.78 is 43.5. The summed E-state index contributed by atoms with van der Waals surface area (Å²) in [4.78, 5) is 11.7. The second-order valence-electron chi connectivity index (χ2n) is 5.49. The molecule has 7 heteroatoms. The predicted molar refractivity (Wildman–Crippen MR) is 72.1 cm³/mol. The molecule has 0 aliphatic heterocycles. The van der Waals surface area contributed by atoms with Gasteiger partial charge in [0.15, 0.2) is 11.5 Å². The number of ether oxygens (including phenoxy) is 1. The molecule has 0 radical (unpaired) electrons.